The van der Waals surface area contributed by atoms with Crippen molar-refractivity contribution < 1.29 is 23.8 Å². The number of nitrogens with one attached hydrogen (secondary N) is 1. The monoisotopic (exact) mass is 393 g/mol. The summed E-state index contributed by atoms with van der Waals surface area (Å²) in [5.41, 5.74) is 0.839. The molecule has 1 aromatic carbocycles. The predicted molar refractivity (Wildman–Crippen MR) is 106 cm³/mol. The summed E-state index contributed by atoms with van der Waals surface area (Å²) in [6.45, 7) is 4.24. The standard InChI is InChI=1S/C20H31N3O5/c1-26-12-4-7-21-19(24)15-22-8-10-23(11-9-22)20(25)13-16-5-6-17(27-2)14-18(16)28-3/h5-6,14H,4,7-13,15H2,1-3H3,(H,21,24). The highest BCUT2D eigenvalue weighted by molar-refractivity contribution is 5.80. The van der Waals surface area contributed by atoms with E-state index in [1.807, 2.05) is 17.0 Å². The molecule has 0 saturated carbocycles. The maximum absolute atomic E-state index is 12.7. The van der Waals surface area contributed by atoms with E-state index in [4.69, 9.17) is 14.2 Å². The molecule has 1 aromatic rings. The fourth-order valence-corrected chi connectivity index (χ4v) is 3.13. The zero-order chi connectivity index (χ0) is 20.4. The molecule has 0 aliphatic carbocycles. The van der Waals surface area contributed by atoms with Crippen LogP contribution in [0.1, 0.15) is 12.0 Å². The van der Waals surface area contributed by atoms with Crippen LogP contribution >= 0.6 is 0 Å². The molecular formula is C20H31N3O5. The highest BCUT2D eigenvalue weighted by Crippen LogP contribution is 2.25. The van der Waals surface area contributed by atoms with Crippen LogP contribution in [0.5, 0.6) is 11.5 Å². The van der Waals surface area contributed by atoms with E-state index in [9.17, 15) is 9.59 Å². The molecule has 8 heteroatoms. The number of nitrogens with zero attached hydrogens (tertiary/aromatic N) is 2. The van der Waals surface area contributed by atoms with Crippen LogP contribution in [0.4, 0.5) is 0 Å². The molecular weight excluding hydrogens is 362 g/mol. The van der Waals surface area contributed by atoms with E-state index in [0.29, 0.717) is 57.4 Å². The van der Waals surface area contributed by atoms with E-state index in [1.54, 1.807) is 27.4 Å². The van der Waals surface area contributed by atoms with E-state index in [-0.39, 0.29) is 18.2 Å². The molecule has 2 rings (SSSR count). The summed E-state index contributed by atoms with van der Waals surface area (Å²) in [5, 5.41) is 2.89. The highest BCUT2D eigenvalue weighted by atomic mass is 16.5. The normalized spacial score (nSPS) is 14.6. The molecule has 1 fully saturated rings. The minimum Gasteiger partial charge on any atom is -0.497 e. The summed E-state index contributed by atoms with van der Waals surface area (Å²) in [5.74, 6) is 1.42. The molecule has 2 amide bonds. The Morgan fingerprint density at radius 1 is 1.07 bits per heavy atom. The van der Waals surface area contributed by atoms with Crippen molar-refractivity contribution in [3.8, 4) is 11.5 Å². The Bertz CT molecular complexity index is 645. The van der Waals surface area contributed by atoms with E-state index >= 15 is 0 Å². The number of rotatable bonds is 10. The number of hydrogen-bond acceptors (Lipinski definition) is 6. The third-order valence-corrected chi connectivity index (χ3v) is 4.78. The van der Waals surface area contributed by atoms with Gasteiger partial charge in [-0.1, -0.05) is 6.07 Å². The van der Waals surface area contributed by atoms with Crippen LogP contribution in [0.2, 0.25) is 0 Å². The Labute approximate surface area is 166 Å². The van der Waals surface area contributed by atoms with Crippen molar-refractivity contribution in [1.82, 2.24) is 15.1 Å². The quantitative estimate of drug-likeness (QED) is 0.585. The summed E-state index contributed by atoms with van der Waals surface area (Å²) in [6.07, 6.45) is 1.09. The predicted octanol–water partition coefficient (Wildman–Crippen LogP) is 0.543. The van der Waals surface area contributed by atoms with Crippen LogP contribution in [0, 0.1) is 0 Å². The molecule has 0 spiro atoms. The van der Waals surface area contributed by atoms with Crippen LogP contribution < -0.4 is 14.8 Å². The number of benzene rings is 1. The Morgan fingerprint density at radius 2 is 1.82 bits per heavy atom. The largest absolute Gasteiger partial charge is 0.497 e. The van der Waals surface area contributed by atoms with E-state index in [0.717, 1.165) is 12.0 Å². The molecule has 156 valence electrons. The van der Waals surface area contributed by atoms with Gasteiger partial charge in [0, 0.05) is 58.1 Å². The van der Waals surface area contributed by atoms with Crippen LogP contribution in [0.25, 0.3) is 0 Å². The maximum atomic E-state index is 12.7. The van der Waals surface area contributed by atoms with Gasteiger partial charge in [0.2, 0.25) is 11.8 Å². The maximum Gasteiger partial charge on any atom is 0.234 e. The summed E-state index contributed by atoms with van der Waals surface area (Å²) in [4.78, 5) is 28.5. The summed E-state index contributed by atoms with van der Waals surface area (Å²) in [6, 6.07) is 5.47. The zero-order valence-corrected chi connectivity index (χ0v) is 17.0. The van der Waals surface area contributed by atoms with Crippen molar-refractivity contribution >= 4 is 11.8 Å². The van der Waals surface area contributed by atoms with Crippen LogP contribution in [0.3, 0.4) is 0 Å². The van der Waals surface area contributed by atoms with Gasteiger partial charge in [-0.3, -0.25) is 14.5 Å². The second-order valence-corrected chi connectivity index (χ2v) is 6.71. The topological polar surface area (TPSA) is 80.3 Å². The van der Waals surface area contributed by atoms with Gasteiger partial charge in [-0.25, -0.2) is 0 Å². The Hall–Kier alpha value is -2.32. The lowest BCUT2D eigenvalue weighted by Gasteiger charge is -2.34. The zero-order valence-electron chi connectivity index (χ0n) is 17.0. The molecule has 0 atom stereocenters. The smallest absolute Gasteiger partial charge is 0.234 e. The minimum atomic E-state index is 0.0128. The second-order valence-electron chi connectivity index (χ2n) is 6.71. The molecule has 1 N–H and O–H groups in total. The SMILES string of the molecule is COCCCNC(=O)CN1CCN(C(=O)Cc2ccc(OC)cc2OC)CC1. The number of carbonyl (C=O) groups excluding carboxylic acids is 2. The molecule has 1 aliphatic heterocycles. The third kappa shape index (κ3) is 6.69. The Morgan fingerprint density at radius 3 is 2.46 bits per heavy atom. The number of methoxy groups -OCH3 is 3. The Balaban J connectivity index is 1.77. The van der Waals surface area contributed by atoms with Gasteiger partial charge >= 0.3 is 0 Å². The fraction of sp³-hybridized carbons (Fsp3) is 0.600. The summed E-state index contributed by atoms with van der Waals surface area (Å²) >= 11 is 0. The van der Waals surface area contributed by atoms with Gasteiger partial charge in [0.25, 0.3) is 0 Å². The van der Waals surface area contributed by atoms with Gasteiger partial charge in [0.1, 0.15) is 11.5 Å². The van der Waals surface area contributed by atoms with Crippen molar-refractivity contribution in [2.75, 3.05) is 67.2 Å². The second kappa shape index (κ2) is 11.5. The van der Waals surface area contributed by atoms with Crippen molar-refractivity contribution in [2.45, 2.75) is 12.8 Å². The summed E-state index contributed by atoms with van der Waals surface area (Å²) in [7, 11) is 4.83. The number of piperazine rings is 1. The first-order valence-electron chi connectivity index (χ1n) is 9.54. The molecule has 8 nitrogen and oxygen atoms in total. The molecule has 0 radical (unpaired) electrons. The van der Waals surface area contributed by atoms with Gasteiger partial charge < -0.3 is 24.4 Å². The molecule has 1 aliphatic rings. The molecule has 0 bridgehead atoms. The summed E-state index contributed by atoms with van der Waals surface area (Å²) < 4.78 is 15.5. The van der Waals surface area contributed by atoms with Gasteiger partial charge in [0.15, 0.2) is 0 Å². The lowest BCUT2D eigenvalue weighted by atomic mass is 10.1. The number of carbonyl (C=O) groups is 2. The average Bonchev–Trinajstić information content (AvgIpc) is 2.72. The van der Waals surface area contributed by atoms with Crippen LogP contribution in [-0.4, -0.2) is 88.8 Å². The van der Waals surface area contributed by atoms with E-state index < -0.39 is 0 Å². The van der Waals surface area contributed by atoms with Crippen LogP contribution in [0.15, 0.2) is 18.2 Å². The van der Waals surface area contributed by atoms with Gasteiger partial charge in [-0.15, -0.1) is 0 Å². The molecule has 28 heavy (non-hydrogen) atoms. The molecule has 1 heterocycles. The van der Waals surface area contributed by atoms with Crippen molar-refractivity contribution in [1.29, 1.82) is 0 Å². The first-order chi connectivity index (χ1) is 13.6. The van der Waals surface area contributed by atoms with Crippen molar-refractivity contribution in [3.63, 3.8) is 0 Å². The lowest BCUT2D eigenvalue weighted by Crippen LogP contribution is -2.51. The Kier molecular flexibility index (Phi) is 9.03. The molecule has 0 unspecified atom stereocenters. The third-order valence-electron chi connectivity index (χ3n) is 4.78. The first kappa shape index (κ1) is 22.0. The lowest BCUT2D eigenvalue weighted by molar-refractivity contribution is -0.132. The molecule has 0 aromatic heterocycles. The van der Waals surface area contributed by atoms with Gasteiger partial charge in [-0.2, -0.15) is 0 Å². The van der Waals surface area contributed by atoms with Gasteiger partial charge in [-0.05, 0) is 12.5 Å². The van der Waals surface area contributed by atoms with Crippen molar-refractivity contribution in [3.05, 3.63) is 23.8 Å². The van der Waals surface area contributed by atoms with Gasteiger partial charge in [0.05, 0.1) is 27.2 Å². The van der Waals surface area contributed by atoms with E-state index in [2.05, 4.69) is 10.2 Å². The average molecular weight is 393 g/mol. The number of amides is 2. The van der Waals surface area contributed by atoms with Crippen molar-refractivity contribution in [2.24, 2.45) is 0 Å². The first-order valence-corrected chi connectivity index (χ1v) is 9.54. The van der Waals surface area contributed by atoms with E-state index in [1.165, 1.54) is 0 Å². The minimum absolute atomic E-state index is 0.0128. The number of ether oxygens (including phenoxy) is 3. The molecule has 1 saturated heterocycles. The fourth-order valence-electron chi connectivity index (χ4n) is 3.13. The van der Waals surface area contributed by atoms with Crippen LogP contribution in [-0.2, 0) is 20.7 Å². The highest BCUT2D eigenvalue weighted by Gasteiger charge is 2.23. The number of hydrogen-bond donors (Lipinski definition) is 1.